The van der Waals surface area contributed by atoms with Gasteiger partial charge in [0.15, 0.2) is 0 Å². The lowest BCUT2D eigenvalue weighted by Gasteiger charge is -1.99. The van der Waals surface area contributed by atoms with Gasteiger partial charge in [-0.25, -0.2) is 14.6 Å². The van der Waals surface area contributed by atoms with E-state index in [2.05, 4.69) is 19.4 Å². The molecule has 1 aromatic rings. The molecule has 0 unspecified atom stereocenters. The Morgan fingerprint density at radius 1 is 1.21 bits per heavy atom. The van der Waals surface area contributed by atoms with Crippen LogP contribution in [0.1, 0.15) is 0 Å². The summed E-state index contributed by atoms with van der Waals surface area (Å²) in [5.41, 5.74) is 0. The molecule has 0 spiro atoms. The van der Waals surface area contributed by atoms with Crippen LogP contribution in [0.4, 0.5) is 9.59 Å². The van der Waals surface area contributed by atoms with E-state index in [-0.39, 0.29) is 5.88 Å². The molecule has 1 heterocycles. The minimum absolute atomic E-state index is 0.316. The lowest BCUT2D eigenvalue weighted by molar-refractivity contribution is 0.137. The van der Waals surface area contributed by atoms with Crippen molar-refractivity contribution >= 4 is 12.3 Å². The Labute approximate surface area is 76.7 Å². The topological polar surface area (TPSA) is 119 Å². The van der Waals surface area contributed by atoms with Gasteiger partial charge in [-0.05, 0) is 0 Å². The zero-order valence-corrected chi connectivity index (χ0v) is 6.58. The average molecular weight is 200 g/mol. The first-order chi connectivity index (χ1) is 6.58. The Hall–Kier alpha value is -2.38. The van der Waals surface area contributed by atoms with Crippen LogP contribution in [0.5, 0.6) is 11.9 Å². The van der Waals surface area contributed by atoms with Crippen molar-refractivity contribution in [2.45, 2.75) is 0 Å². The van der Waals surface area contributed by atoms with Crippen LogP contribution in [-0.4, -0.2) is 32.5 Å². The SMILES string of the molecule is O=C(O)Oc1ccnc(OC(=O)O)n1. The molecule has 0 aromatic carbocycles. The van der Waals surface area contributed by atoms with Crippen molar-refractivity contribution in [3.8, 4) is 11.9 Å². The summed E-state index contributed by atoms with van der Waals surface area (Å²) in [6.07, 6.45) is -2.06. The van der Waals surface area contributed by atoms with E-state index in [1.807, 2.05) is 0 Å². The van der Waals surface area contributed by atoms with Crippen molar-refractivity contribution in [3.05, 3.63) is 12.3 Å². The number of rotatable bonds is 2. The summed E-state index contributed by atoms with van der Waals surface area (Å²) in [6.45, 7) is 0. The van der Waals surface area contributed by atoms with E-state index in [1.54, 1.807) is 0 Å². The summed E-state index contributed by atoms with van der Waals surface area (Å²) in [4.78, 5) is 26.8. The number of carbonyl (C=O) groups is 2. The molecule has 74 valence electrons. The highest BCUT2D eigenvalue weighted by atomic mass is 16.7. The van der Waals surface area contributed by atoms with Crippen molar-refractivity contribution in [3.63, 3.8) is 0 Å². The van der Waals surface area contributed by atoms with Crippen LogP contribution < -0.4 is 9.47 Å². The molecule has 0 fully saturated rings. The number of carboxylic acid groups (broad SMARTS) is 2. The van der Waals surface area contributed by atoms with Gasteiger partial charge in [0.2, 0.25) is 5.88 Å². The molecule has 8 heteroatoms. The van der Waals surface area contributed by atoms with E-state index in [9.17, 15) is 9.59 Å². The van der Waals surface area contributed by atoms with E-state index in [1.165, 1.54) is 0 Å². The summed E-state index contributed by atoms with van der Waals surface area (Å²) in [6, 6.07) is 0.638. The average Bonchev–Trinajstić information content (AvgIpc) is 2.01. The number of nitrogens with zero attached hydrogens (tertiary/aromatic N) is 2. The predicted molar refractivity (Wildman–Crippen MR) is 39.3 cm³/mol. The molecule has 1 rings (SSSR count). The third-order valence-corrected chi connectivity index (χ3v) is 0.978. The summed E-state index contributed by atoms with van der Waals surface area (Å²) in [5, 5.41) is 16.4. The van der Waals surface area contributed by atoms with Crippen molar-refractivity contribution in [1.29, 1.82) is 0 Å². The highest BCUT2D eigenvalue weighted by molar-refractivity contribution is 5.61. The number of hydrogen-bond acceptors (Lipinski definition) is 6. The Morgan fingerprint density at radius 2 is 1.86 bits per heavy atom. The molecule has 2 N–H and O–H groups in total. The normalized spacial score (nSPS) is 9.14. The molecule has 0 amide bonds. The van der Waals surface area contributed by atoms with Crippen LogP contribution in [0.2, 0.25) is 0 Å². The van der Waals surface area contributed by atoms with Gasteiger partial charge in [0.1, 0.15) is 0 Å². The maximum atomic E-state index is 10.1. The summed E-state index contributed by atoms with van der Waals surface area (Å²) in [7, 11) is 0. The van der Waals surface area contributed by atoms with Gasteiger partial charge in [0, 0.05) is 12.3 Å². The molecule has 14 heavy (non-hydrogen) atoms. The third kappa shape index (κ3) is 2.93. The minimum Gasteiger partial charge on any atom is -0.449 e. The Bertz CT molecular complexity index is 334. The third-order valence-electron chi connectivity index (χ3n) is 0.978. The van der Waals surface area contributed by atoms with Crippen LogP contribution in [0.25, 0.3) is 0 Å². The second kappa shape index (κ2) is 4.03. The standard InChI is InChI=1S/C6H4N2O6/c9-5(10)13-3-1-2-7-4(8-3)14-6(11)12/h1-2H,(H,9,10)(H,11,12). The predicted octanol–water partition coefficient (Wildman–Crippen LogP) is 0.590. The molecule has 0 atom stereocenters. The quantitative estimate of drug-likeness (QED) is 0.665. The van der Waals surface area contributed by atoms with Crippen LogP contribution in [0.15, 0.2) is 12.3 Å². The Kier molecular flexibility index (Phi) is 2.79. The largest absolute Gasteiger partial charge is 0.513 e. The van der Waals surface area contributed by atoms with E-state index >= 15 is 0 Å². The van der Waals surface area contributed by atoms with Crippen molar-refractivity contribution in [2.24, 2.45) is 0 Å². The summed E-state index contributed by atoms with van der Waals surface area (Å²) < 4.78 is 8.19. The zero-order chi connectivity index (χ0) is 10.6. The molecule has 0 aliphatic rings. The Balaban J connectivity index is 2.78. The van der Waals surface area contributed by atoms with Crippen molar-refractivity contribution in [1.82, 2.24) is 9.97 Å². The number of aromatic nitrogens is 2. The van der Waals surface area contributed by atoms with E-state index in [0.29, 0.717) is 0 Å². The van der Waals surface area contributed by atoms with Gasteiger partial charge in [-0.3, -0.25) is 0 Å². The minimum atomic E-state index is -1.60. The van der Waals surface area contributed by atoms with E-state index < -0.39 is 18.3 Å². The van der Waals surface area contributed by atoms with Gasteiger partial charge >= 0.3 is 18.3 Å². The maximum absolute atomic E-state index is 10.1. The molecule has 0 saturated carbocycles. The monoisotopic (exact) mass is 200 g/mol. The van der Waals surface area contributed by atoms with E-state index in [0.717, 1.165) is 12.3 Å². The van der Waals surface area contributed by atoms with E-state index in [4.69, 9.17) is 10.2 Å². The second-order valence-corrected chi connectivity index (χ2v) is 1.91. The molecule has 0 saturated heterocycles. The van der Waals surface area contributed by atoms with Crippen LogP contribution in [0.3, 0.4) is 0 Å². The molecular formula is C6H4N2O6. The molecule has 8 nitrogen and oxygen atoms in total. The lowest BCUT2D eigenvalue weighted by Crippen LogP contribution is -2.09. The van der Waals surface area contributed by atoms with Crippen LogP contribution >= 0.6 is 0 Å². The highest BCUT2D eigenvalue weighted by Crippen LogP contribution is 2.09. The lowest BCUT2D eigenvalue weighted by atomic mass is 10.6. The first-order valence-corrected chi connectivity index (χ1v) is 3.22. The number of ether oxygens (including phenoxy) is 2. The van der Waals surface area contributed by atoms with Crippen molar-refractivity contribution < 1.29 is 29.3 Å². The van der Waals surface area contributed by atoms with Gasteiger partial charge in [-0.2, -0.15) is 4.98 Å². The zero-order valence-electron chi connectivity index (χ0n) is 6.58. The summed E-state index contributed by atoms with van der Waals surface area (Å²) in [5.74, 6) is -0.316. The molecule has 0 bridgehead atoms. The molecule has 0 aliphatic carbocycles. The first-order valence-electron chi connectivity index (χ1n) is 3.22. The molecular weight excluding hydrogens is 196 g/mol. The van der Waals surface area contributed by atoms with Gasteiger partial charge < -0.3 is 19.7 Å². The van der Waals surface area contributed by atoms with Gasteiger partial charge in [-0.1, -0.05) is 0 Å². The first kappa shape index (κ1) is 9.71. The molecule has 0 aliphatic heterocycles. The fourth-order valence-electron chi connectivity index (χ4n) is 0.599. The molecule has 0 radical (unpaired) electrons. The van der Waals surface area contributed by atoms with Gasteiger partial charge in [-0.15, -0.1) is 0 Å². The number of hydrogen-bond donors (Lipinski definition) is 2. The van der Waals surface area contributed by atoms with Gasteiger partial charge in [0.05, 0.1) is 0 Å². The Morgan fingerprint density at radius 3 is 2.43 bits per heavy atom. The fraction of sp³-hybridized carbons (Fsp3) is 0. The van der Waals surface area contributed by atoms with Crippen molar-refractivity contribution in [2.75, 3.05) is 0 Å². The fourth-order valence-corrected chi connectivity index (χ4v) is 0.599. The van der Waals surface area contributed by atoms with Gasteiger partial charge in [0.25, 0.3) is 0 Å². The molecule has 1 aromatic heterocycles. The van der Waals surface area contributed by atoms with Crippen LogP contribution in [-0.2, 0) is 0 Å². The second-order valence-electron chi connectivity index (χ2n) is 1.91. The maximum Gasteiger partial charge on any atom is 0.513 e. The smallest absolute Gasteiger partial charge is 0.449 e. The van der Waals surface area contributed by atoms with Crippen LogP contribution in [0, 0.1) is 0 Å². The summed E-state index contributed by atoms with van der Waals surface area (Å²) >= 11 is 0. The highest BCUT2D eigenvalue weighted by Gasteiger charge is 2.07.